The molecule has 1 aliphatic carbocycles. The number of anilines is 1. The molecule has 8 heteroatoms. The molecule has 5 atom stereocenters. The molecule has 4 rings (SSSR count). The Morgan fingerprint density at radius 2 is 2.00 bits per heavy atom. The molecule has 3 fully saturated rings. The van der Waals surface area contributed by atoms with Gasteiger partial charge in [0, 0.05) is 17.3 Å². The lowest BCUT2D eigenvalue weighted by Gasteiger charge is -2.47. The number of ketones is 1. The van der Waals surface area contributed by atoms with Crippen molar-refractivity contribution in [3.05, 3.63) is 23.8 Å². The first-order chi connectivity index (χ1) is 12.9. The number of carbonyl (C=O) groups excluding carboxylic acids is 3. The van der Waals surface area contributed by atoms with Crippen molar-refractivity contribution in [3.8, 4) is 5.75 Å². The van der Waals surface area contributed by atoms with Gasteiger partial charge in [-0.3, -0.25) is 19.8 Å². The number of Topliss-reactive ketones (excluding diaryl/α,β-unsaturated/α-hetero) is 1. The van der Waals surface area contributed by atoms with E-state index >= 15 is 0 Å². The average Bonchev–Trinajstić information content (AvgIpc) is 2.64. The highest BCUT2D eigenvalue weighted by molar-refractivity contribution is 6.21. The van der Waals surface area contributed by atoms with Gasteiger partial charge in [0.1, 0.15) is 17.7 Å². The number of nitrogens with zero attached hydrogens (tertiary/aromatic N) is 1. The van der Waals surface area contributed by atoms with Crippen LogP contribution in [0.1, 0.15) is 24.8 Å². The molecule has 0 bridgehead atoms. The minimum atomic E-state index is -1.01. The van der Waals surface area contributed by atoms with Crippen molar-refractivity contribution in [1.29, 1.82) is 0 Å². The Bertz CT molecular complexity index is 814. The van der Waals surface area contributed by atoms with Crippen LogP contribution in [0.15, 0.2) is 18.2 Å². The summed E-state index contributed by atoms with van der Waals surface area (Å²) in [5.41, 5.74) is 3.94. The fraction of sp³-hybridized carbons (Fsp3) is 0.526. The fourth-order valence-electron chi connectivity index (χ4n) is 4.42. The molecule has 27 heavy (non-hydrogen) atoms. The number of halogens is 1. The third-order valence-corrected chi connectivity index (χ3v) is 6.22. The maximum Gasteiger partial charge on any atom is 0.258 e. The lowest BCUT2D eigenvalue weighted by molar-refractivity contribution is -0.149. The van der Waals surface area contributed by atoms with Gasteiger partial charge >= 0.3 is 0 Å². The van der Waals surface area contributed by atoms with E-state index in [1.807, 2.05) is 6.92 Å². The molecule has 0 radical (unpaired) electrons. The molecule has 1 aromatic carbocycles. The number of carbonyl (C=O) groups is 3. The lowest BCUT2D eigenvalue weighted by Crippen LogP contribution is -2.73. The van der Waals surface area contributed by atoms with Crippen LogP contribution >= 0.6 is 11.6 Å². The monoisotopic (exact) mass is 391 g/mol. The molecular weight excluding hydrogens is 370 g/mol. The number of methoxy groups -OCH3 is 1. The van der Waals surface area contributed by atoms with Gasteiger partial charge in [0.25, 0.3) is 11.8 Å². The summed E-state index contributed by atoms with van der Waals surface area (Å²) in [6.45, 7) is 1.82. The summed E-state index contributed by atoms with van der Waals surface area (Å²) in [4.78, 5) is 39.0. The lowest BCUT2D eigenvalue weighted by atomic mass is 9.71. The normalized spacial score (nSPS) is 33.2. The Hall–Kier alpha value is -2.12. The van der Waals surface area contributed by atoms with Gasteiger partial charge in [-0.1, -0.05) is 0 Å². The summed E-state index contributed by atoms with van der Waals surface area (Å²) in [5, 5.41) is 4.41. The standard InChI is InChI=1S/C19H22ClN3O4/c1-9-7-11(27-2)4-6-14(9)23-19(26)15-16(18(25)22-23)21-13-8-10(20)3-5-12(13)17(15)24/h4,6-7,10,12-13,15-16,21H,3,5,8H2,1-2H3,(H,22,25). The molecule has 2 aliphatic heterocycles. The van der Waals surface area contributed by atoms with Crippen LogP contribution in [0.5, 0.6) is 5.75 Å². The van der Waals surface area contributed by atoms with E-state index in [4.69, 9.17) is 16.3 Å². The van der Waals surface area contributed by atoms with Crippen molar-refractivity contribution in [2.24, 2.45) is 11.8 Å². The van der Waals surface area contributed by atoms with Crippen LogP contribution in [0.2, 0.25) is 0 Å². The van der Waals surface area contributed by atoms with Crippen molar-refractivity contribution >= 4 is 34.9 Å². The zero-order chi connectivity index (χ0) is 19.3. The number of rotatable bonds is 2. The molecule has 2 N–H and O–H groups in total. The Morgan fingerprint density at radius 1 is 1.22 bits per heavy atom. The quantitative estimate of drug-likeness (QED) is 0.586. The molecular formula is C19H22ClN3O4. The number of piperidine rings is 1. The number of nitrogens with one attached hydrogen (secondary N) is 2. The van der Waals surface area contributed by atoms with Crippen molar-refractivity contribution in [2.45, 2.75) is 43.6 Å². The number of hydrazine groups is 1. The number of ether oxygens (including phenoxy) is 1. The van der Waals surface area contributed by atoms with Gasteiger partial charge in [-0.15, -0.1) is 11.6 Å². The van der Waals surface area contributed by atoms with Crippen LogP contribution < -0.4 is 20.5 Å². The molecule has 2 saturated heterocycles. The predicted octanol–water partition coefficient (Wildman–Crippen LogP) is 1.31. The number of aryl methyl sites for hydroxylation is 1. The van der Waals surface area contributed by atoms with Gasteiger partial charge in [0.2, 0.25) is 0 Å². The average molecular weight is 392 g/mol. The van der Waals surface area contributed by atoms with Crippen molar-refractivity contribution in [1.82, 2.24) is 10.7 Å². The maximum absolute atomic E-state index is 13.2. The summed E-state index contributed by atoms with van der Waals surface area (Å²) >= 11 is 6.23. The van der Waals surface area contributed by atoms with Crippen molar-refractivity contribution < 1.29 is 19.1 Å². The van der Waals surface area contributed by atoms with E-state index < -0.39 is 17.9 Å². The zero-order valence-corrected chi connectivity index (χ0v) is 16.0. The Morgan fingerprint density at radius 3 is 2.70 bits per heavy atom. The molecule has 7 nitrogen and oxygen atoms in total. The number of hydrogen-bond acceptors (Lipinski definition) is 5. The van der Waals surface area contributed by atoms with E-state index in [0.29, 0.717) is 24.3 Å². The van der Waals surface area contributed by atoms with E-state index in [9.17, 15) is 14.4 Å². The summed E-state index contributed by atoms with van der Waals surface area (Å²) in [6.07, 6.45) is 2.02. The first kappa shape index (κ1) is 18.3. The number of hydrogen-bond donors (Lipinski definition) is 2. The first-order valence-corrected chi connectivity index (χ1v) is 9.57. The topological polar surface area (TPSA) is 87.7 Å². The van der Waals surface area contributed by atoms with Crippen LogP contribution in [-0.2, 0) is 14.4 Å². The Kier molecular flexibility index (Phi) is 4.60. The van der Waals surface area contributed by atoms with Gasteiger partial charge in [-0.25, -0.2) is 5.01 Å². The molecule has 3 aliphatic rings. The smallest absolute Gasteiger partial charge is 0.258 e. The molecule has 2 heterocycles. The molecule has 144 valence electrons. The highest BCUT2D eigenvalue weighted by atomic mass is 35.5. The molecule has 1 saturated carbocycles. The van der Waals surface area contributed by atoms with Crippen LogP contribution in [0.25, 0.3) is 0 Å². The van der Waals surface area contributed by atoms with Gasteiger partial charge in [-0.2, -0.15) is 0 Å². The van der Waals surface area contributed by atoms with E-state index in [1.54, 1.807) is 25.3 Å². The number of amides is 2. The largest absolute Gasteiger partial charge is 0.497 e. The zero-order valence-electron chi connectivity index (χ0n) is 15.2. The summed E-state index contributed by atoms with van der Waals surface area (Å²) in [6, 6.07) is 4.20. The van der Waals surface area contributed by atoms with Gasteiger partial charge in [-0.05, 0) is 49.9 Å². The predicted molar refractivity (Wildman–Crippen MR) is 99.6 cm³/mol. The Balaban J connectivity index is 1.65. The van der Waals surface area contributed by atoms with Crippen LogP contribution in [-0.4, -0.2) is 42.2 Å². The third-order valence-electron chi connectivity index (χ3n) is 5.82. The molecule has 5 unspecified atom stereocenters. The minimum Gasteiger partial charge on any atom is -0.497 e. The van der Waals surface area contributed by atoms with E-state index in [1.165, 1.54) is 5.01 Å². The van der Waals surface area contributed by atoms with Crippen molar-refractivity contribution in [3.63, 3.8) is 0 Å². The van der Waals surface area contributed by atoms with Crippen LogP contribution in [0, 0.1) is 18.8 Å². The second-order valence-electron chi connectivity index (χ2n) is 7.45. The maximum atomic E-state index is 13.2. The fourth-order valence-corrected chi connectivity index (χ4v) is 4.73. The highest BCUT2D eigenvalue weighted by Crippen LogP contribution is 2.37. The van der Waals surface area contributed by atoms with E-state index in [2.05, 4.69) is 10.7 Å². The van der Waals surface area contributed by atoms with Gasteiger partial charge in [0.15, 0.2) is 5.78 Å². The summed E-state index contributed by atoms with van der Waals surface area (Å²) < 4.78 is 5.19. The molecule has 1 aromatic rings. The first-order valence-electron chi connectivity index (χ1n) is 9.13. The number of benzene rings is 1. The SMILES string of the molecule is COc1ccc(N2NC(=O)C3NC4CC(Cl)CCC4C(=O)C3C2=O)c(C)c1. The van der Waals surface area contributed by atoms with E-state index in [-0.39, 0.29) is 29.0 Å². The summed E-state index contributed by atoms with van der Waals surface area (Å²) in [5.74, 6) is -1.55. The minimum absolute atomic E-state index is 0.0103. The second kappa shape index (κ2) is 6.80. The molecule has 2 amide bonds. The number of fused-ring (bicyclic) bond motifs is 2. The number of alkyl halides is 1. The third kappa shape index (κ3) is 2.99. The Labute approximate surface area is 162 Å². The van der Waals surface area contributed by atoms with Crippen LogP contribution in [0.3, 0.4) is 0 Å². The van der Waals surface area contributed by atoms with Gasteiger partial charge in [0.05, 0.1) is 12.8 Å². The van der Waals surface area contributed by atoms with Crippen LogP contribution in [0.4, 0.5) is 5.69 Å². The molecule has 0 spiro atoms. The summed E-state index contributed by atoms with van der Waals surface area (Å²) in [7, 11) is 1.56. The van der Waals surface area contributed by atoms with E-state index in [0.717, 1.165) is 12.0 Å². The second-order valence-corrected chi connectivity index (χ2v) is 8.07. The van der Waals surface area contributed by atoms with Gasteiger partial charge < -0.3 is 10.1 Å². The highest BCUT2D eigenvalue weighted by Gasteiger charge is 2.55. The molecule has 0 aromatic heterocycles. The van der Waals surface area contributed by atoms with Crippen molar-refractivity contribution in [2.75, 3.05) is 12.1 Å².